The summed E-state index contributed by atoms with van der Waals surface area (Å²) in [6.07, 6.45) is 10.5. The number of hydrogen-bond donors (Lipinski definition) is 2. The third-order valence-electron chi connectivity index (χ3n) is 5.82. The second-order valence-electron chi connectivity index (χ2n) is 7.50. The monoisotopic (exact) mass is 345 g/mol. The van der Waals surface area contributed by atoms with Gasteiger partial charge in [-0.2, -0.15) is 0 Å². The molecule has 2 atom stereocenters. The first kappa shape index (κ1) is 16.7. The van der Waals surface area contributed by atoms with Crippen LogP contribution in [0.1, 0.15) is 38.5 Å². The van der Waals surface area contributed by atoms with Gasteiger partial charge in [-0.1, -0.05) is 25.7 Å². The first-order chi connectivity index (χ1) is 12.3. The summed E-state index contributed by atoms with van der Waals surface area (Å²) in [5.41, 5.74) is 1.51. The molecule has 1 saturated heterocycles. The zero-order chi connectivity index (χ0) is 17.2. The van der Waals surface area contributed by atoms with Gasteiger partial charge in [0.15, 0.2) is 17.0 Å². The van der Waals surface area contributed by atoms with E-state index < -0.39 is 6.10 Å². The minimum Gasteiger partial charge on any atom is -0.394 e. The van der Waals surface area contributed by atoms with Crippen molar-refractivity contribution in [3.05, 3.63) is 12.7 Å². The van der Waals surface area contributed by atoms with Crippen LogP contribution in [0.3, 0.4) is 0 Å². The van der Waals surface area contributed by atoms with Crippen LogP contribution in [0, 0.1) is 11.8 Å². The van der Waals surface area contributed by atoms with E-state index in [0.717, 1.165) is 41.9 Å². The van der Waals surface area contributed by atoms with Gasteiger partial charge in [0.1, 0.15) is 6.33 Å². The van der Waals surface area contributed by atoms with Gasteiger partial charge in [-0.25, -0.2) is 15.0 Å². The molecule has 0 amide bonds. The van der Waals surface area contributed by atoms with Crippen LogP contribution in [-0.2, 0) is 6.54 Å². The number of hydrogen-bond acceptors (Lipinski definition) is 6. The first-order valence-electron chi connectivity index (χ1n) is 9.46. The number of aliphatic hydroxyl groups is 2. The van der Waals surface area contributed by atoms with Crippen molar-refractivity contribution in [1.29, 1.82) is 0 Å². The standard InChI is InChI=1S/C18H27N5O2/c24-10-15(25)9-23-12-21-16-17(19-11-20-18(16)23)22-7-3-6-14(8-22)13-4-1-2-5-13/h11-15,24-25H,1-10H2/t14?,15-/m0/s1. The normalized spacial score (nSPS) is 23.4. The first-order valence-corrected chi connectivity index (χ1v) is 9.46. The van der Waals surface area contributed by atoms with E-state index in [9.17, 15) is 5.11 Å². The SMILES string of the molecule is OC[C@@H](O)Cn1cnc2c(N3CCCC(C4CCCC4)C3)ncnc21. The van der Waals surface area contributed by atoms with Crippen molar-refractivity contribution in [3.63, 3.8) is 0 Å². The Kier molecular flexibility index (Phi) is 4.85. The molecular formula is C18H27N5O2. The third-order valence-corrected chi connectivity index (χ3v) is 5.82. The molecule has 7 heteroatoms. The van der Waals surface area contributed by atoms with Crippen molar-refractivity contribution < 1.29 is 10.2 Å². The lowest BCUT2D eigenvalue weighted by Gasteiger charge is -2.36. The largest absolute Gasteiger partial charge is 0.394 e. The highest BCUT2D eigenvalue weighted by Gasteiger charge is 2.30. The van der Waals surface area contributed by atoms with Crippen molar-refractivity contribution in [2.24, 2.45) is 11.8 Å². The Labute approximate surface area is 147 Å². The fourth-order valence-corrected chi connectivity index (χ4v) is 4.53. The second-order valence-corrected chi connectivity index (χ2v) is 7.50. The summed E-state index contributed by atoms with van der Waals surface area (Å²) in [5.74, 6) is 2.54. The average Bonchev–Trinajstić information content (AvgIpc) is 3.32. The molecule has 2 aromatic heterocycles. The van der Waals surface area contributed by atoms with Gasteiger partial charge in [0.05, 0.1) is 25.6 Å². The molecule has 1 saturated carbocycles. The quantitative estimate of drug-likeness (QED) is 0.856. The molecule has 2 aromatic rings. The number of rotatable bonds is 5. The molecule has 2 aliphatic rings. The lowest BCUT2D eigenvalue weighted by molar-refractivity contribution is 0.0820. The number of anilines is 1. The van der Waals surface area contributed by atoms with Crippen LogP contribution in [0.15, 0.2) is 12.7 Å². The fraction of sp³-hybridized carbons (Fsp3) is 0.722. The topological polar surface area (TPSA) is 87.3 Å². The summed E-state index contributed by atoms with van der Waals surface area (Å²) in [7, 11) is 0. The van der Waals surface area contributed by atoms with E-state index in [-0.39, 0.29) is 13.2 Å². The Morgan fingerprint density at radius 3 is 2.68 bits per heavy atom. The lowest BCUT2D eigenvalue weighted by atomic mass is 9.84. The maximum absolute atomic E-state index is 9.71. The van der Waals surface area contributed by atoms with Gasteiger partial charge in [-0.15, -0.1) is 0 Å². The highest BCUT2D eigenvalue weighted by molar-refractivity contribution is 5.83. The maximum atomic E-state index is 9.71. The lowest BCUT2D eigenvalue weighted by Crippen LogP contribution is -2.38. The Morgan fingerprint density at radius 2 is 1.88 bits per heavy atom. The molecule has 1 unspecified atom stereocenters. The van der Waals surface area contributed by atoms with Gasteiger partial charge in [0, 0.05) is 13.1 Å². The number of piperidine rings is 1. The second kappa shape index (κ2) is 7.25. The number of imidazole rings is 1. The molecule has 1 aliphatic heterocycles. The Bertz CT molecular complexity index is 713. The van der Waals surface area contributed by atoms with Crippen molar-refractivity contribution >= 4 is 17.0 Å². The van der Waals surface area contributed by atoms with Crippen LogP contribution >= 0.6 is 0 Å². The van der Waals surface area contributed by atoms with E-state index in [4.69, 9.17) is 5.11 Å². The van der Waals surface area contributed by atoms with Gasteiger partial charge >= 0.3 is 0 Å². The summed E-state index contributed by atoms with van der Waals surface area (Å²) in [4.78, 5) is 15.8. The van der Waals surface area contributed by atoms with Crippen molar-refractivity contribution in [3.8, 4) is 0 Å². The average molecular weight is 345 g/mol. The van der Waals surface area contributed by atoms with Gasteiger partial charge in [-0.3, -0.25) is 0 Å². The summed E-state index contributed by atoms with van der Waals surface area (Å²) in [5, 5.41) is 18.8. The highest BCUT2D eigenvalue weighted by atomic mass is 16.3. The molecule has 0 aromatic carbocycles. The summed E-state index contributed by atoms with van der Waals surface area (Å²) >= 11 is 0. The summed E-state index contributed by atoms with van der Waals surface area (Å²) in [6.45, 7) is 2.09. The third kappa shape index (κ3) is 3.35. The van der Waals surface area contributed by atoms with Gasteiger partial charge in [0.25, 0.3) is 0 Å². The number of aromatic nitrogens is 4. The zero-order valence-corrected chi connectivity index (χ0v) is 14.6. The predicted molar refractivity (Wildman–Crippen MR) is 95.3 cm³/mol. The van der Waals surface area contributed by atoms with Crippen LogP contribution in [0.5, 0.6) is 0 Å². The molecule has 2 N–H and O–H groups in total. The predicted octanol–water partition coefficient (Wildman–Crippen LogP) is 1.59. The molecule has 1 aliphatic carbocycles. The van der Waals surface area contributed by atoms with Gasteiger partial charge in [0.2, 0.25) is 0 Å². The van der Waals surface area contributed by atoms with E-state index in [1.807, 2.05) is 0 Å². The maximum Gasteiger partial charge on any atom is 0.165 e. The molecule has 0 spiro atoms. The molecule has 2 fully saturated rings. The van der Waals surface area contributed by atoms with Crippen LogP contribution < -0.4 is 4.90 Å². The number of nitrogens with zero attached hydrogens (tertiary/aromatic N) is 5. The van der Waals surface area contributed by atoms with Gasteiger partial charge < -0.3 is 19.7 Å². The Morgan fingerprint density at radius 1 is 1.08 bits per heavy atom. The van der Waals surface area contributed by atoms with Crippen molar-refractivity contribution in [2.75, 3.05) is 24.6 Å². The number of fused-ring (bicyclic) bond motifs is 1. The van der Waals surface area contributed by atoms with Crippen LogP contribution in [0.4, 0.5) is 5.82 Å². The van der Waals surface area contributed by atoms with E-state index in [2.05, 4.69) is 19.9 Å². The Balaban J connectivity index is 1.58. The minimum atomic E-state index is -0.808. The van der Waals surface area contributed by atoms with E-state index in [1.165, 1.54) is 38.5 Å². The van der Waals surface area contributed by atoms with E-state index in [1.54, 1.807) is 17.2 Å². The molecule has 4 rings (SSSR count). The molecule has 7 nitrogen and oxygen atoms in total. The van der Waals surface area contributed by atoms with Crippen molar-refractivity contribution in [1.82, 2.24) is 19.5 Å². The van der Waals surface area contributed by atoms with E-state index in [0.29, 0.717) is 0 Å². The summed E-state index contributed by atoms with van der Waals surface area (Å²) in [6, 6.07) is 0. The molecule has 25 heavy (non-hydrogen) atoms. The molecule has 136 valence electrons. The zero-order valence-electron chi connectivity index (χ0n) is 14.6. The summed E-state index contributed by atoms with van der Waals surface area (Å²) < 4.78 is 1.79. The number of aliphatic hydroxyl groups excluding tert-OH is 2. The fourth-order valence-electron chi connectivity index (χ4n) is 4.53. The molecule has 0 radical (unpaired) electrons. The Hall–Kier alpha value is -1.73. The van der Waals surface area contributed by atoms with Crippen LogP contribution in [-0.4, -0.2) is 55.5 Å². The van der Waals surface area contributed by atoms with E-state index >= 15 is 0 Å². The van der Waals surface area contributed by atoms with Gasteiger partial charge in [-0.05, 0) is 24.7 Å². The minimum absolute atomic E-state index is 0.271. The van der Waals surface area contributed by atoms with Crippen LogP contribution in [0.2, 0.25) is 0 Å². The smallest absolute Gasteiger partial charge is 0.165 e. The van der Waals surface area contributed by atoms with Crippen LogP contribution in [0.25, 0.3) is 11.2 Å². The van der Waals surface area contributed by atoms with Crippen molar-refractivity contribution in [2.45, 2.75) is 51.2 Å². The molecule has 0 bridgehead atoms. The highest BCUT2D eigenvalue weighted by Crippen LogP contribution is 2.37. The molecular weight excluding hydrogens is 318 g/mol. The molecule has 3 heterocycles.